The normalized spacial score (nSPS) is 10.5. The van der Waals surface area contributed by atoms with E-state index < -0.39 is 5.97 Å². The fraction of sp³-hybridized carbons (Fsp3) is 0.333. The van der Waals surface area contributed by atoms with Gasteiger partial charge in [0.2, 0.25) is 0 Å². The molecule has 2 rings (SSSR count). The van der Waals surface area contributed by atoms with Gasteiger partial charge in [-0.25, -0.2) is 4.79 Å². The molecule has 0 radical (unpaired) electrons. The summed E-state index contributed by atoms with van der Waals surface area (Å²) in [4.78, 5) is 16.5. The van der Waals surface area contributed by atoms with Gasteiger partial charge < -0.3 is 10.4 Å². The van der Waals surface area contributed by atoms with Crippen LogP contribution < -0.4 is 5.32 Å². The van der Waals surface area contributed by atoms with E-state index in [9.17, 15) is 9.90 Å². The second-order valence-electron chi connectivity index (χ2n) is 5.15. The van der Waals surface area contributed by atoms with E-state index in [1.54, 1.807) is 36.3 Å². The summed E-state index contributed by atoms with van der Waals surface area (Å²) in [5.41, 5.74) is 3.30. The molecule has 122 valence electrons. The molecule has 0 atom stereocenters. The summed E-state index contributed by atoms with van der Waals surface area (Å²) in [6.07, 6.45) is 5.66. The number of anilines is 1. The molecule has 0 saturated carbocycles. The quantitative estimate of drug-likeness (QED) is 0.539. The Hall–Kier alpha value is -2.01. The number of thioether (sulfide) groups is 1. The number of hydrogen-bond donors (Lipinski definition) is 2. The maximum Gasteiger partial charge on any atom is 0.335 e. The zero-order valence-corrected chi connectivity index (χ0v) is 14.3. The molecule has 1 heterocycles. The molecule has 2 aromatic rings. The lowest BCUT2D eigenvalue weighted by atomic mass is 10.0. The van der Waals surface area contributed by atoms with Crippen LogP contribution in [0.15, 0.2) is 41.6 Å². The molecular weight excluding hydrogens is 308 g/mol. The molecule has 5 heteroatoms. The van der Waals surface area contributed by atoms with Crippen molar-refractivity contribution in [3.8, 4) is 11.1 Å². The molecule has 0 bridgehead atoms. The van der Waals surface area contributed by atoms with Gasteiger partial charge in [0, 0.05) is 35.1 Å². The zero-order valence-electron chi connectivity index (χ0n) is 13.5. The summed E-state index contributed by atoms with van der Waals surface area (Å²) < 4.78 is 0. The van der Waals surface area contributed by atoms with Gasteiger partial charge in [-0.05, 0) is 42.0 Å². The topological polar surface area (TPSA) is 62.2 Å². The van der Waals surface area contributed by atoms with Crippen molar-refractivity contribution < 1.29 is 9.90 Å². The number of aromatic carboxylic acids is 1. The Morgan fingerprint density at radius 1 is 1.26 bits per heavy atom. The number of benzene rings is 1. The Morgan fingerprint density at radius 2 is 2.00 bits per heavy atom. The van der Waals surface area contributed by atoms with E-state index in [0.717, 1.165) is 46.8 Å². The molecule has 0 aliphatic rings. The Morgan fingerprint density at radius 3 is 2.61 bits per heavy atom. The summed E-state index contributed by atoms with van der Waals surface area (Å²) in [6.45, 7) is 5.03. The van der Waals surface area contributed by atoms with E-state index in [2.05, 4.69) is 24.1 Å². The van der Waals surface area contributed by atoms with Gasteiger partial charge in [0.05, 0.1) is 5.56 Å². The second kappa shape index (κ2) is 8.58. The summed E-state index contributed by atoms with van der Waals surface area (Å²) in [5, 5.41) is 12.8. The SMILES string of the molecule is CCCCNc1cc(C(=O)O)cc(SCC)c1-c1ccncc1. The van der Waals surface area contributed by atoms with Crippen molar-refractivity contribution in [1.82, 2.24) is 4.98 Å². The number of unbranched alkanes of at least 4 members (excludes halogenated alkanes) is 1. The lowest BCUT2D eigenvalue weighted by molar-refractivity contribution is 0.0696. The third-order valence-corrected chi connectivity index (χ3v) is 4.39. The first-order valence-electron chi connectivity index (χ1n) is 7.85. The van der Waals surface area contributed by atoms with Crippen molar-refractivity contribution in [3.63, 3.8) is 0 Å². The van der Waals surface area contributed by atoms with E-state index in [-0.39, 0.29) is 0 Å². The number of rotatable bonds is 8. The molecule has 0 saturated heterocycles. The molecule has 2 N–H and O–H groups in total. The smallest absolute Gasteiger partial charge is 0.335 e. The highest BCUT2D eigenvalue weighted by Gasteiger charge is 2.16. The van der Waals surface area contributed by atoms with Gasteiger partial charge in [0.15, 0.2) is 0 Å². The molecule has 4 nitrogen and oxygen atoms in total. The van der Waals surface area contributed by atoms with E-state index in [0.29, 0.717) is 5.56 Å². The second-order valence-corrected chi connectivity index (χ2v) is 6.46. The predicted octanol–water partition coefficient (Wildman–Crippen LogP) is 4.77. The molecular formula is C18H22N2O2S. The monoisotopic (exact) mass is 330 g/mol. The van der Waals surface area contributed by atoms with Crippen molar-refractivity contribution in [3.05, 3.63) is 42.2 Å². The van der Waals surface area contributed by atoms with Crippen LogP contribution in [0.5, 0.6) is 0 Å². The molecule has 0 unspecified atom stereocenters. The highest BCUT2D eigenvalue weighted by Crippen LogP contribution is 2.38. The van der Waals surface area contributed by atoms with Crippen LogP contribution in [-0.4, -0.2) is 28.4 Å². The van der Waals surface area contributed by atoms with Crippen LogP contribution in [0.4, 0.5) is 5.69 Å². The van der Waals surface area contributed by atoms with E-state index in [4.69, 9.17) is 0 Å². The van der Waals surface area contributed by atoms with Gasteiger partial charge in [-0.15, -0.1) is 11.8 Å². The predicted molar refractivity (Wildman–Crippen MR) is 96.4 cm³/mol. The Balaban J connectivity index is 2.55. The van der Waals surface area contributed by atoms with E-state index in [1.807, 2.05) is 12.1 Å². The minimum Gasteiger partial charge on any atom is -0.478 e. The maximum atomic E-state index is 11.4. The first-order valence-corrected chi connectivity index (χ1v) is 8.84. The highest BCUT2D eigenvalue weighted by molar-refractivity contribution is 7.99. The van der Waals surface area contributed by atoms with Gasteiger partial charge in [0.1, 0.15) is 0 Å². The molecule has 0 aliphatic heterocycles. The van der Waals surface area contributed by atoms with Crippen LogP contribution in [0.25, 0.3) is 11.1 Å². The largest absolute Gasteiger partial charge is 0.478 e. The average molecular weight is 330 g/mol. The standard InChI is InChI=1S/C18H22N2O2S/c1-3-5-8-20-15-11-14(18(21)22)12-16(23-4-2)17(15)13-6-9-19-10-7-13/h6-7,9-12,20H,3-5,8H2,1-2H3,(H,21,22). The van der Waals surface area contributed by atoms with Gasteiger partial charge in [0.25, 0.3) is 0 Å². The lowest BCUT2D eigenvalue weighted by Gasteiger charge is -2.17. The van der Waals surface area contributed by atoms with Crippen molar-refractivity contribution in [2.45, 2.75) is 31.6 Å². The van der Waals surface area contributed by atoms with Crippen LogP contribution in [0.1, 0.15) is 37.0 Å². The van der Waals surface area contributed by atoms with Crippen LogP contribution in [-0.2, 0) is 0 Å². The van der Waals surface area contributed by atoms with Crippen molar-refractivity contribution >= 4 is 23.4 Å². The number of aromatic nitrogens is 1. The van der Waals surface area contributed by atoms with Gasteiger partial charge in [-0.3, -0.25) is 4.98 Å². The van der Waals surface area contributed by atoms with E-state index in [1.165, 1.54) is 0 Å². The van der Waals surface area contributed by atoms with Crippen molar-refractivity contribution in [1.29, 1.82) is 0 Å². The maximum absolute atomic E-state index is 11.4. The Labute approximate surface area is 141 Å². The minimum atomic E-state index is -0.900. The zero-order chi connectivity index (χ0) is 16.7. The van der Waals surface area contributed by atoms with Gasteiger partial charge in [-0.2, -0.15) is 0 Å². The first-order chi connectivity index (χ1) is 11.2. The number of nitrogens with zero attached hydrogens (tertiary/aromatic N) is 1. The lowest BCUT2D eigenvalue weighted by Crippen LogP contribution is -2.06. The Bertz CT molecular complexity index is 660. The molecule has 0 aliphatic carbocycles. The summed E-state index contributed by atoms with van der Waals surface area (Å²) in [7, 11) is 0. The van der Waals surface area contributed by atoms with Crippen LogP contribution in [0, 0.1) is 0 Å². The van der Waals surface area contributed by atoms with Crippen molar-refractivity contribution in [2.24, 2.45) is 0 Å². The molecule has 1 aromatic carbocycles. The third kappa shape index (κ3) is 4.48. The average Bonchev–Trinajstić information content (AvgIpc) is 2.56. The fourth-order valence-corrected chi connectivity index (χ4v) is 3.26. The molecule has 0 amide bonds. The summed E-state index contributed by atoms with van der Waals surface area (Å²) in [6, 6.07) is 7.41. The first kappa shape index (κ1) is 17.3. The minimum absolute atomic E-state index is 0.317. The molecule has 1 aromatic heterocycles. The van der Waals surface area contributed by atoms with Crippen LogP contribution in [0.3, 0.4) is 0 Å². The van der Waals surface area contributed by atoms with Crippen LogP contribution in [0.2, 0.25) is 0 Å². The number of hydrogen-bond acceptors (Lipinski definition) is 4. The summed E-state index contributed by atoms with van der Waals surface area (Å²) >= 11 is 1.66. The van der Waals surface area contributed by atoms with E-state index >= 15 is 0 Å². The number of carboxylic acid groups (broad SMARTS) is 1. The van der Waals surface area contributed by atoms with Gasteiger partial charge in [-0.1, -0.05) is 20.3 Å². The Kier molecular flexibility index (Phi) is 6.47. The number of carboxylic acids is 1. The third-order valence-electron chi connectivity index (χ3n) is 3.46. The van der Waals surface area contributed by atoms with Crippen molar-refractivity contribution in [2.75, 3.05) is 17.6 Å². The van der Waals surface area contributed by atoms with Gasteiger partial charge >= 0.3 is 5.97 Å². The molecule has 23 heavy (non-hydrogen) atoms. The molecule has 0 fully saturated rings. The number of carbonyl (C=O) groups is 1. The highest BCUT2D eigenvalue weighted by atomic mass is 32.2. The summed E-state index contributed by atoms with van der Waals surface area (Å²) in [5.74, 6) is -0.0157. The fourth-order valence-electron chi connectivity index (χ4n) is 2.36. The molecule has 0 spiro atoms. The number of nitrogens with one attached hydrogen (secondary N) is 1. The van der Waals surface area contributed by atoms with Crippen LogP contribution >= 0.6 is 11.8 Å². The number of pyridine rings is 1.